The Morgan fingerprint density at radius 1 is 1.55 bits per heavy atom. The van der Waals surface area contributed by atoms with Crippen LogP contribution in [-0.4, -0.2) is 15.4 Å². The number of rotatable bonds is 5. The van der Waals surface area contributed by atoms with Crippen molar-refractivity contribution >= 4 is 11.6 Å². The van der Waals surface area contributed by atoms with Crippen LogP contribution in [0.1, 0.15) is 11.3 Å². The van der Waals surface area contributed by atoms with E-state index in [-0.39, 0.29) is 6.54 Å². The maximum atomic E-state index is 11.9. The Kier molecular flexibility index (Phi) is 4.33. The molecule has 9 nitrogen and oxygen atoms in total. The second-order valence-corrected chi connectivity index (χ2v) is 4.27. The first-order valence-electron chi connectivity index (χ1n) is 6.09. The second kappa shape index (κ2) is 6.36. The molecule has 0 saturated heterocycles. The van der Waals surface area contributed by atoms with Gasteiger partial charge in [-0.15, -0.1) is 0 Å². The molecular weight excluding hydrogens is 292 g/mol. The maximum Gasteiger partial charge on any atom is 0.287 e. The van der Waals surface area contributed by atoms with E-state index < -0.39 is 34.2 Å². The molecule has 1 amide bonds. The lowest BCUT2D eigenvalue weighted by Crippen LogP contribution is -2.32. The average Bonchev–Trinajstić information content (AvgIpc) is 3.00. The van der Waals surface area contributed by atoms with Crippen molar-refractivity contribution in [3.63, 3.8) is 0 Å². The van der Waals surface area contributed by atoms with Crippen molar-refractivity contribution in [2.24, 2.45) is 0 Å². The summed E-state index contributed by atoms with van der Waals surface area (Å²) in [5.41, 5.74) is -1.59. The van der Waals surface area contributed by atoms with Crippen molar-refractivity contribution < 1.29 is 14.1 Å². The van der Waals surface area contributed by atoms with Crippen LogP contribution in [0.4, 0.5) is 5.69 Å². The molecule has 2 aromatic rings. The quantitative estimate of drug-likeness (QED) is 0.633. The molecule has 22 heavy (non-hydrogen) atoms. The average molecular weight is 302 g/mol. The maximum absolute atomic E-state index is 11.9. The molecule has 2 heterocycles. The number of nitrogens with one attached hydrogen (secondary N) is 1. The topological polar surface area (TPSA) is 131 Å². The molecule has 9 heteroatoms. The lowest BCUT2D eigenvalue weighted by atomic mass is 10.2. The molecule has 1 N–H and O–H groups in total. The van der Waals surface area contributed by atoms with E-state index in [1.807, 2.05) is 0 Å². The normalized spacial score (nSPS) is 9.95. The Morgan fingerprint density at radius 3 is 2.91 bits per heavy atom. The first-order chi connectivity index (χ1) is 10.5. The zero-order valence-corrected chi connectivity index (χ0v) is 11.2. The van der Waals surface area contributed by atoms with Gasteiger partial charge in [0.2, 0.25) is 5.91 Å². The Balaban J connectivity index is 2.16. The summed E-state index contributed by atoms with van der Waals surface area (Å²) in [6, 6.07) is 5.77. The predicted molar refractivity (Wildman–Crippen MR) is 72.6 cm³/mol. The summed E-state index contributed by atoms with van der Waals surface area (Å²) in [5.74, 6) is -0.0136. The summed E-state index contributed by atoms with van der Waals surface area (Å²) in [7, 11) is 0. The molecule has 0 fully saturated rings. The van der Waals surface area contributed by atoms with Crippen LogP contribution in [0.2, 0.25) is 0 Å². The molecule has 0 aliphatic carbocycles. The van der Waals surface area contributed by atoms with Crippen LogP contribution in [0, 0.1) is 21.4 Å². The minimum Gasteiger partial charge on any atom is -0.467 e. The molecule has 0 atom stereocenters. The summed E-state index contributed by atoms with van der Waals surface area (Å²) < 4.78 is 5.86. The second-order valence-electron chi connectivity index (χ2n) is 4.27. The van der Waals surface area contributed by atoms with Gasteiger partial charge in [0.1, 0.15) is 23.9 Å². The summed E-state index contributed by atoms with van der Waals surface area (Å²) >= 11 is 0. The van der Waals surface area contributed by atoms with E-state index in [1.54, 1.807) is 18.2 Å². The molecule has 0 aliphatic heterocycles. The minimum atomic E-state index is -0.763. The fraction of sp³-hybridized carbons (Fsp3) is 0.154. The number of aromatic nitrogens is 1. The summed E-state index contributed by atoms with van der Waals surface area (Å²) in [4.78, 5) is 33.7. The van der Waals surface area contributed by atoms with Crippen molar-refractivity contribution in [1.82, 2.24) is 9.88 Å². The van der Waals surface area contributed by atoms with Gasteiger partial charge in [-0.05, 0) is 12.1 Å². The Hall–Kier alpha value is -3.41. The monoisotopic (exact) mass is 302 g/mol. The van der Waals surface area contributed by atoms with Crippen LogP contribution in [0.3, 0.4) is 0 Å². The number of pyridine rings is 1. The lowest BCUT2D eigenvalue weighted by molar-refractivity contribution is -0.385. The van der Waals surface area contributed by atoms with Gasteiger partial charge in [-0.3, -0.25) is 24.3 Å². The van der Waals surface area contributed by atoms with Gasteiger partial charge in [-0.2, -0.15) is 5.26 Å². The van der Waals surface area contributed by atoms with Gasteiger partial charge in [-0.1, -0.05) is 0 Å². The largest absolute Gasteiger partial charge is 0.467 e. The summed E-state index contributed by atoms with van der Waals surface area (Å²) in [6.45, 7) is -0.309. The van der Waals surface area contributed by atoms with Gasteiger partial charge in [0.25, 0.3) is 11.2 Å². The number of nitriles is 1. The fourth-order valence-electron chi connectivity index (χ4n) is 1.73. The molecule has 0 bridgehead atoms. The van der Waals surface area contributed by atoms with E-state index in [2.05, 4.69) is 5.32 Å². The highest BCUT2D eigenvalue weighted by Gasteiger charge is 2.15. The highest BCUT2D eigenvalue weighted by Crippen LogP contribution is 2.09. The lowest BCUT2D eigenvalue weighted by Gasteiger charge is -2.06. The van der Waals surface area contributed by atoms with E-state index in [1.165, 1.54) is 6.26 Å². The van der Waals surface area contributed by atoms with Crippen LogP contribution >= 0.6 is 0 Å². The highest BCUT2D eigenvalue weighted by atomic mass is 16.6. The van der Waals surface area contributed by atoms with Crippen molar-refractivity contribution in [1.29, 1.82) is 5.26 Å². The SMILES string of the molecule is N#Cc1cc([N+](=O)[O-])cn(CC(=O)NCc2ccco2)c1=O. The summed E-state index contributed by atoms with van der Waals surface area (Å²) in [5, 5.41) is 22.1. The van der Waals surface area contributed by atoms with E-state index in [4.69, 9.17) is 9.68 Å². The van der Waals surface area contributed by atoms with Crippen LogP contribution in [-0.2, 0) is 17.9 Å². The van der Waals surface area contributed by atoms with Gasteiger partial charge in [0.15, 0.2) is 0 Å². The fourth-order valence-corrected chi connectivity index (χ4v) is 1.73. The number of carbonyl (C=O) groups is 1. The van der Waals surface area contributed by atoms with Crippen molar-refractivity contribution in [2.45, 2.75) is 13.1 Å². The van der Waals surface area contributed by atoms with Crippen molar-refractivity contribution in [3.8, 4) is 6.07 Å². The third-order valence-corrected chi connectivity index (χ3v) is 2.76. The van der Waals surface area contributed by atoms with Crippen LogP contribution in [0.5, 0.6) is 0 Å². The number of hydrogen-bond donors (Lipinski definition) is 1. The van der Waals surface area contributed by atoms with Gasteiger partial charge >= 0.3 is 0 Å². The van der Waals surface area contributed by atoms with Crippen molar-refractivity contribution in [3.05, 3.63) is 62.5 Å². The Bertz CT molecular complexity index is 801. The molecule has 0 unspecified atom stereocenters. The van der Waals surface area contributed by atoms with Gasteiger partial charge < -0.3 is 9.73 Å². The van der Waals surface area contributed by atoms with E-state index in [0.29, 0.717) is 5.76 Å². The highest BCUT2D eigenvalue weighted by molar-refractivity contribution is 5.75. The molecule has 0 radical (unpaired) electrons. The zero-order chi connectivity index (χ0) is 16.1. The number of hydrogen-bond acceptors (Lipinski definition) is 6. The van der Waals surface area contributed by atoms with Gasteiger partial charge in [-0.25, -0.2) is 0 Å². The predicted octanol–water partition coefficient (Wildman–Crippen LogP) is 0.538. The summed E-state index contributed by atoms with van der Waals surface area (Å²) in [6.07, 6.45) is 2.38. The van der Waals surface area contributed by atoms with Crippen molar-refractivity contribution in [2.75, 3.05) is 0 Å². The first kappa shape index (κ1) is 15.0. The van der Waals surface area contributed by atoms with Crippen LogP contribution < -0.4 is 10.9 Å². The number of nitrogens with zero attached hydrogens (tertiary/aromatic N) is 3. The first-order valence-corrected chi connectivity index (χ1v) is 6.09. The molecule has 0 spiro atoms. The van der Waals surface area contributed by atoms with Crippen LogP contribution in [0.15, 0.2) is 39.9 Å². The number of furan rings is 1. The molecule has 2 rings (SSSR count). The molecule has 0 saturated carbocycles. The number of nitro groups is 1. The van der Waals surface area contributed by atoms with E-state index in [9.17, 15) is 19.7 Å². The molecule has 112 valence electrons. The zero-order valence-electron chi connectivity index (χ0n) is 11.2. The van der Waals surface area contributed by atoms with E-state index in [0.717, 1.165) is 16.8 Å². The van der Waals surface area contributed by atoms with Gasteiger partial charge in [0, 0.05) is 6.07 Å². The van der Waals surface area contributed by atoms with E-state index >= 15 is 0 Å². The molecule has 2 aromatic heterocycles. The Morgan fingerprint density at radius 2 is 2.32 bits per heavy atom. The third kappa shape index (κ3) is 3.37. The van der Waals surface area contributed by atoms with Crippen LogP contribution in [0.25, 0.3) is 0 Å². The third-order valence-electron chi connectivity index (χ3n) is 2.76. The molecular formula is C13H10N4O5. The number of carbonyl (C=O) groups excluding carboxylic acids is 1. The Labute approximate surface area is 123 Å². The number of amides is 1. The standard InChI is InChI=1S/C13H10N4O5/c14-5-9-4-10(17(20)21)7-16(13(9)19)8-12(18)15-6-11-2-1-3-22-11/h1-4,7H,6,8H2,(H,15,18). The minimum absolute atomic E-state index is 0.126. The smallest absolute Gasteiger partial charge is 0.287 e. The van der Waals surface area contributed by atoms with Gasteiger partial charge in [0.05, 0.1) is 23.9 Å². The molecule has 0 aromatic carbocycles. The molecule has 0 aliphatic rings.